The second-order valence-electron chi connectivity index (χ2n) is 5.21. The van der Waals surface area contributed by atoms with Crippen molar-refractivity contribution in [2.45, 2.75) is 36.8 Å². The van der Waals surface area contributed by atoms with Crippen LogP contribution in [0.5, 0.6) is 0 Å². The molecule has 0 amide bonds. The molecule has 0 radical (unpaired) electrons. The average molecular weight is 302 g/mol. The molecule has 2 heterocycles. The van der Waals surface area contributed by atoms with Gasteiger partial charge in [-0.05, 0) is 18.9 Å². The molecule has 2 aromatic rings. The summed E-state index contributed by atoms with van der Waals surface area (Å²) < 4.78 is 11.7. The van der Waals surface area contributed by atoms with Gasteiger partial charge in [-0.15, -0.1) is 0 Å². The molecule has 0 bridgehead atoms. The molecule has 0 spiro atoms. The summed E-state index contributed by atoms with van der Waals surface area (Å²) in [5, 5.41) is 9.93. The molecule has 7 heteroatoms. The van der Waals surface area contributed by atoms with E-state index in [2.05, 4.69) is 15.0 Å². The highest BCUT2D eigenvalue weighted by molar-refractivity contribution is 7.84. The number of hydrogen-bond donors (Lipinski definition) is 1. The number of aromatic nitrogens is 3. The number of hydrogen-bond acceptors (Lipinski definition) is 5. The summed E-state index contributed by atoms with van der Waals surface area (Å²) in [6.45, 7) is 0. The molecular weight excluding hydrogens is 288 g/mol. The van der Waals surface area contributed by atoms with Gasteiger partial charge in [0.15, 0.2) is 0 Å². The minimum absolute atomic E-state index is 0.0516. The molecule has 21 heavy (non-hydrogen) atoms. The number of nitriles is 1. The molecule has 6 nitrogen and oxygen atoms in total. The Morgan fingerprint density at radius 1 is 1.38 bits per heavy atom. The predicted molar refractivity (Wildman–Crippen MR) is 78.4 cm³/mol. The number of rotatable bonds is 2. The first kappa shape index (κ1) is 13.9. The Morgan fingerprint density at radius 2 is 2.10 bits per heavy atom. The summed E-state index contributed by atoms with van der Waals surface area (Å²) in [4.78, 5) is 23.0. The molecule has 1 aliphatic rings. The molecule has 1 fully saturated rings. The molecular formula is C14H14N4O2S. The van der Waals surface area contributed by atoms with Crippen molar-refractivity contribution in [3.63, 3.8) is 0 Å². The topological polar surface area (TPSA) is 99.5 Å². The van der Waals surface area contributed by atoms with Crippen LogP contribution in [0.2, 0.25) is 0 Å². The van der Waals surface area contributed by atoms with E-state index in [-0.39, 0.29) is 16.6 Å². The van der Waals surface area contributed by atoms with Gasteiger partial charge < -0.3 is 4.98 Å². The van der Waals surface area contributed by atoms with Crippen LogP contribution in [0.25, 0.3) is 11.0 Å². The summed E-state index contributed by atoms with van der Waals surface area (Å²) in [6, 6.07) is 3.43. The smallest absolute Gasteiger partial charge is 0.267 e. The van der Waals surface area contributed by atoms with Gasteiger partial charge >= 0.3 is 0 Å². The Hall–Kier alpha value is -2.07. The van der Waals surface area contributed by atoms with Crippen LogP contribution >= 0.6 is 0 Å². The van der Waals surface area contributed by atoms with Crippen molar-refractivity contribution in [2.24, 2.45) is 0 Å². The first-order valence-corrected chi connectivity index (χ1v) is 8.34. The van der Waals surface area contributed by atoms with E-state index in [1.54, 1.807) is 6.07 Å². The summed E-state index contributed by atoms with van der Waals surface area (Å²) in [6.07, 6.45) is 5.82. The minimum Gasteiger partial charge on any atom is -0.305 e. The Balaban J connectivity index is 2.33. The summed E-state index contributed by atoms with van der Waals surface area (Å²) in [5.41, 5.74) is 0.737. The van der Waals surface area contributed by atoms with Gasteiger partial charge in [-0.1, -0.05) is 12.8 Å². The Morgan fingerprint density at radius 3 is 2.71 bits per heavy atom. The van der Waals surface area contributed by atoms with Crippen molar-refractivity contribution in [3.05, 3.63) is 27.7 Å². The lowest BCUT2D eigenvalue weighted by atomic mass is 10.00. The van der Waals surface area contributed by atoms with Gasteiger partial charge in [0.05, 0.1) is 16.5 Å². The molecule has 1 N–H and O–H groups in total. The third-order valence-electron chi connectivity index (χ3n) is 3.84. The van der Waals surface area contributed by atoms with Gasteiger partial charge in [0, 0.05) is 17.6 Å². The molecule has 0 aliphatic heterocycles. The van der Waals surface area contributed by atoms with Crippen LogP contribution < -0.4 is 5.56 Å². The van der Waals surface area contributed by atoms with Crippen LogP contribution in [0.3, 0.4) is 0 Å². The molecule has 1 saturated carbocycles. The molecule has 108 valence electrons. The number of nitrogens with one attached hydrogen (secondary N) is 1. The van der Waals surface area contributed by atoms with E-state index in [0.29, 0.717) is 11.0 Å². The Labute approximate surface area is 123 Å². The van der Waals surface area contributed by atoms with Gasteiger partial charge in [-0.3, -0.25) is 9.00 Å². The third-order valence-corrected chi connectivity index (χ3v) is 4.54. The Kier molecular flexibility index (Phi) is 3.55. The predicted octanol–water partition coefficient (Wildman–Crippen LogP) is 1.58. The molecule has 1 aliphatic carbocycles. The third kappa shape index (κ3) is 2.47. The van der Waals surface area contributed by atoms with Crippen molar-refractivity contribution in [1.29, 1.82) is 5.26 Å². The largest absolute Gasteiger partial charge is 0.305 e. The van der Waals surface area contributed by atoms with Gasteiger partial charge in [-0.2, -0.15) is 5.26 Å². The molecule has 2 aromatic heterocycles. The van der Waals surface area contributed by atoms with Crippen molar-refractivity contribution in [3.8, 4) is 6.07 Å². The van der Waals surface area contributed by atoms with E-state index in [1.165, 1.54) is 6.26 Å². The van der Waals surface area contributed by atoms with Crippen LogP contribution in [-0.2, 0) is 10.8 Å². The monoisotopic (exact) mass is 302 g/mol. The first-order valence-electron chi connectivity index (χ1n) is 6.78. The maximum absolute atomic E-state index is 11.8. The van der Waals surface area contributed by atoms with Crippen molar-refractivity contribution in [2.75, 3.05) is 6.26 Å². The van der Waals surface area contributed by atoms with E-state index in [0.717, 1.165) is 31.4 Å². The van der Waals surface area contributed by atoms with Crippen molar-refractivity contribution in [1.82, 2.24) is 15.0 Å². The van der Waals surface area contributed by atoms with E-state index in [1.807, 2.05) is 6.07 Å². The molecule has 1 atom stereocenters. The van der Waals surface area contributed by atoms with Crippen LogP contribution in [0.15, 0.2) is 16.0 Å². The average Bonchev–Trinajstić information content (AvgIpc) is 2.99. The minimum atomic E-state index is -1.32. The van der Waals surface area contributed by atoms with E-state index >= 15 is 0 Å². The second kappa shape index (κ2) is 5.37. The highest BCUT2D eigenvalue weighted by Gasteiger charge is 2.23. The number of pyridine rings is 1. The first-order chi connectivity index (χ1) is 10.1. The van der Waals surface area contributed by atoms with Gasteiger partial charge in [0.25, 0.3) is 5.56 Å². The molecule has 0 saturated heterocycles. The number of aromatic amines is 1. The van der Waals surface area contributed by atoms with E-state index in [4.69, 9.17) is 5.26 Å². The quantitative estimate of drug-likeness (QED) is 0.849. The second-order valence-corrected chi connectivity index (χ2v) is 6.49. The zero-order chi connectivity index (χ0) is 15.0. The van der Waals surface area contributed by atoms with Gasteiger partial charge in [0.1, 0.15) is 17.3 Å². The highest BCUT2D eigenvalue weighted by atomic mass is 32.2. The lowest BCUT2D eigenvalue weighted by Crippen LogP contribution is -2.14. The molecule has 1 unspecified atom stereocenters. The summed E-state index contributed by atoms with van der Waals surface area (Å²) in [7, 11) is -1.32. The molecule has 3 rings (SSSR count). The van der Waals surface area contributed by atoms with E-state index < -0.39 is 16.4 Å². The maximum atomic E-state index is 11.8. The number of nitrogens with zero attached hydrogens (tertiary/aromatic N) is 3. The van der Waals surface area contributed by atoms with Crippen LogP contribution in [-0.4, -0.2) is 25.4 Å². The zero-order valence-corrected chi connectivity index (χ0v) is 12.4. The standard InChI is InChI=1S/C14H14N4O2S/c1-21(20)14-16-11(8-4-2-3-5-8)10-6-9(7-15)13(19)17-12(10)18-14/h6,8H,2-5H2,1H3,(H,16,17,18,19). The molecule has 0 aromatic carbocycles. The normalized spacial score (nSPS) is 17.0. The van der Waals surface area contributed by atoms with Crippen molar-refractivity contribution < 1.29 is 4.21 Å². The fraction of sp³-hybridized carbons (Fsp3) is 0.429. The van der Waals surface area contributed by atoms with Crippen LogP contribution in [0.4, 0.5) is 0 Å². The SMILES string of the molecule is CS(=O)c1nc(C2CCCC2)c2cc(C#N)c(=O)[nH]c2n1. The number of fused-ring (bicyclic) bond motifs is 1. The van der Waals surface area contributed by atoms with Gasteiger partial charge in [0.2, 0.25) is 5.16 Å². The van der Waals surface area contributed by atoms with Crippen LogP contribution in [0, 0.1) is 11.3 Å². The fourth-order valence-electron chi connectivity index (χ4n) is 2.81. The Bertz CT molecular complexity index is 831. The summed E-state index contributed by atoms with van der Waals surface area (Å²) >= 11 is 0. The lowest BCUT2D eigenvalue weighted by Gasteiger charge is -2.12. The summed E-state index contributed by atoms with van der Waals surface area (Å²) in [5.74, 6) is 0.273. The zero-order valence-electron chi connectivity index (χ0n) is 11.5. The highest BCUT2D eigenvalue weighted by Crippen LogP contribution is 2.36. The van der Waals surface area contributed by atoms with E-state index in [9.17, 15) is 9.00 Å². The fourth-order valence-corrected chi connectivity index (χ4v) is 3.26. The van der Waals surface area contributed by atoms with Gasteiger partial charge in [-0.25, -0.2) is 9.97 Å². The van der Waals surface area contributed by atoms with Crippen LogP contribution in [0.1, 0.15) is 42.9 Å². The number of H-pyrrole nitrogens is 1. The maximum Gasteiger partial charge on any atom is 0.267 e. The van der Waals surface area contributed by atoms with Crippen molar-refractivity contribution >= 4 is 21.8 Å². The lowest BCUT2D eigenvalue weighted by molar-refractivity contribution is 0.666.